The third-order valence-corrected chi connectivity index (χ3v) is 4.29. The fourth-order valence-electron chi connectivity index (χ4n) is 1.92. The topological polar surface area (TPSA) is 55.6 Å². The first-order chi connectivity index (χ1) is 9.15. The summed E-state index contributed by atoms with van der Waals surface area (Å²) in [6, 6.07) is 4.40. The summed E-state index contributed by atoms with van der Waals surface area (Å²) in [6.45, 7) is 0.639. The SMILES string of the molecule is NC[C@H]1CN(c2ccc(S(=O)CCF)c(F)c2)CO1. The second kappa shape index (κ2) is 6.40. The average molecular weight is 290 g/mol. The summed E-state index contributed by atoms with van der Waals surface area (Å²) < 4.78 is 42.9. The minimum Gasteiger partial charge on any atom is -0.355 e. The molecule has 1 aliphatic rings. The van der Waals surface area contributed by atoms with Crippen molar-refractivity contribution in [3.8, 4) is 0 Å². The number of ether oxygens (including phenoxy) is 1. The Hall–Kier alpha value is -1.05. The molecule has 2 rings (SSSR count). The molecule has 1 aromatic carbocycles. The largest absolute Gasteiger partial charge is 0.355 e. The zero-order chi connectivity index (χ0) is 13.8. The number of halogens is 2. The number of anilines is 1. The monoisotopic (exact) mass is 290 g/mol. The van der Waals surface area contributed by atoms with Crippen LogP contribution >= 0.6 is 0 Å². The third kappa shape index (κ3) is 3.29. The molecular formula is C12H16F2N2O2S. The molecule has 2 atom stereocenters. The van der Waals surface area contributed by atoms with E-state index in [1.807, 2.05) is 4.90 Å². The van der Waals surface area contributed by atoms with Gasteiger partial charge >= 0.3 is 0 Å². The molecule has 0 aromatic heterocycles. The fourth-order valence-corrected chi connectivity index (χ4v) is 2.78. The van der Waals surface area contributed by atoms with Crippen molar-refractivity contribution in [1.82, 2.24) is 0 Å². The normalized spacial score (nSPS) is 20.8. The van der Waals surface area contributed by atoms with Crippen molar-refractivity contribution in [2.75, 3.05) is 37.1 Å². The first-order valence-corrected chi connectivity index (χ1v) is 7.28. The zero-order valence-electron chi connectivity index (χ0n) is 10.4. The molecule has 1 aromatic rings. The predicted octanol–water partition coefficient (Wildman–Crippen LogP) is 1.02. The molecule has 1 aliphatic heterocycles. The van der Waals surface area contributed by atoms with Crippen LogP contribution in [0.15, 0.2) is 23.1 Å². The maximum Gasteiger partial charge on any atom is 0.141 e. The standard InChI is InChI=1S/C12H16F2N2O2S/c13-3-4-19(17)12-2-1-9(5-11(12)14)16-7-10(6-15)18-8-16/h1-2,5,10H,3-4,6-8,15H2/t10-,19?/m0/s1. The quantitative estimate of drug-likeness (QED) is 0.880. The maximum atomic E-state index is 13.8. The summed E-state index contributed by atoms with van der Waals surface area (Å²) in [4.78, 5) is 1.89. The summed E-state index contributed by atoms with van der Waals surface area (Å²) in [5.74, 6) is -0.765. The van der Waals surface area contributed by atoms with E-state index in [2.05, 4.69) is 0 Å². The molecule has 1 saturated heterocycles. The lowest BCUT2D eigenvalue weighted by molar-refractivity contribution is 0.122. The molecule has 0 bridgehead atoms. The zero-order valence-corrected chi connectivity index (χ0v) is 11.2. The highest BCUT2D eigenvalue weighted by Crippen LogP contribution is 2.23. The van der Waals surface area contributed by atoms with Crippen LogP contribution in [-0.2, 0) is 15.5 Å². The highest BCUT2D eigenvalue weighted by molar-refractivity contribution is 7.85. The van der Waals surface area contributed by atoms with E-state index in [0.717, 1.165) is 0 Å². The van der Waals surface area contributed by atoms with Crippen LogP contribution in [0.2, 0.25) is 0 Å². The lowest BCUT2D eigenvalue weighted by atomic mass is 10.2. The minimum absolute atomic E-state index is 0.0388. The Morgan fingerprint density at radius 1 is 1.53 bits per heavy atom. The Kier molecular flexibility index (Phi) is 4.84. The molecule has 0 saturated carbocycles. The molecule has 1 unspecified atom stereocenters. The summed E-state index contributed by atoms with van der Waals surface area (Å²) in [5, 5.41) is 0. The van der Waals surface area contributed by atoms with Crippen LogP contribution in [0.5, 0.6) is 0 Å². The molecule has 0 amide bonds. The van der Waals surface area contributed by atoms with Gasteiger partial charge in [0.05, 0.1) is 27.6 Å². The van der Waals surface area contributed by atoms with Crippen LogP contribution in [-0.4, -0.2) is 42.6 Å². The Bertz CT molecular complexity index is 473. The van der Waals surface area contributed by atoms with Crippen molar-refractivity contribution in [3.63, 3.8) is 0 Å². The molecule has 1 fully saturated rings. The van der Waals surface area contributed by atoms with Gasteiger partial charge in [-0.15, -0.1) is 0 Å². The van der Waals surface area contributed by atoms with E-state index in [9.17, 15) is 13.0 Å². The van der Waals surface area contributed by atoms with Gasteiger partial charge in [-0.05, 0) is 18.2 Å². The van der Waals surface area contributed by atoms with Gasteiger partial charge in [0.2, 0.25) is 0 Å². The molecule has 106 valence electrons. The summed E-state index contributed by atoms with van der Waals surface area (Å²) in [5.41, 5.74) is 6.15. The van der Waals surface area contributed by atoms with Gasteiger partial charge in [0.25, 0.3) is 0 Å². The maximum absolute atomic E-state index is 13.8. The van der Waals surface area contributed by atoms with Crippen molar-refractivity contribution in [2.24, 2.45) is 5.73 Å². The summed E-state index contributed by atoms with van der Waals surface area (Å²) >= 11 is 0. The number of nitrogens with two attached hydrogens (primary N) is 1. The number of benzene rings is 1. The van der Waals surface area contributed by atoms with Crippen LogP contribution < -0.4 is 10.6 Å². The van der Waals surface area contributed by atoms with Gasteiger partial charge in [-0.2, -0.15) is 0 Å². The van der Waals surface area contributed by atoms with E-state index in [1.165, 1.54) is 12.1 Å². The molecule has 1 heterocycles. The number of nitrogens with zero attached hydrogens (tertiary/aromatic N) is 1. The minimum atomic E-state index is -1.63. The number of alkyl halides is 1. The van der Waals surface area contributed by atoms with Gasteiger partial charge in [0.15, 0.2) is 0 Å². The van der Waals surface area contributed by atoms with Crippen molar-refractivity contribution in [3.05, 3.63) is 24.0 Å². The van der Waals surface area contributed by atoms with Crippen molar-refractivity contribution >= 4 is 16.5 Å². The predicted molar refractivity (Wildman–Crippen MR) is 69.8 cm³/mol. The molecule has 0 spiro atoms. The van der Waals surface area contributed by atoms with E-state index in [-0.39, 0.29) is 16.8 Å². The van der Waals surface area contributed by atoms with Crippen LogP contribution in [0, 0.1) is 5.82 Å². The van der Waals surface area contributed by atoms with Gasteiger partial charge in [0, 0.05) is 18.8 Å². The molecular weight excluding hydrogens is 274 g/mol. The molecule has 0 aliphatic carbocycles. The van der Waals surface area contributed by atoms with Crippen molar-refractivity contribution < 1.29 is 17.7 Å². The molecule has 2 N–H and O–H groups in total. The second-order valence-electron chi connectivity index (χ2n) is 4.23. The average Bonchev–Trinajstić information content (AvgIpc) is 2.87. The lowest BCUT2D eigenvalue weighted by Crippen LogP contribution is -2.26. The van der Waals surface area contributed by atoms with Gasteiger partial charge in [0.1, 0.15) is 19.2 Å². The number of rotatable bonds is 5. The first kappa shape index (κ1) is 14.4. The van der Waals surface area contributed by atoms with E-state index < -0.39 is 23.3 Å². The summed E-state index contributed by atoms with van der Waals surface area (Å²) in [6.07, 6.45) is -0.0524. The number of hydrogen-bond acceptors (Lipinski definition) is 4. The smallest absolute Gasteiger partial charge is 0.141 e. The first-order valence-electron chi connectivity index (χ1n) is 5.96. The van der Waals surface area contributed by atoms with E-state index in [0.29, 0.717) is 25.5 Å². The number of hydrogen-bond donors (Lipinski definition) is 1. The van der Waals surface area contributed by atoms with Crippen LogP contribution in [0.25, 0.3) is 0 Å². The molecule has 4 nitrogen and oxygen atoms in total. The Balaban J connectivity index is 2.13. The highest BCUT2D eigenvalue weighted by Gasteiger charge is 2.23. The Morgan fingerprint density at radius 3 is 2.89 bits per heavy atom. The van der Waals surface area contributed by atoms with Gasteiger partial charge in [-0.25, -0.2) is 4.39 Å². The van der Waals surface area contributed by atoms with E-state index in [1.54, 1.807) is 6.07 Å². The van der Waals surface area contributed by atoms with Crippen LogP contribution in [0.3, 0.4) is 0 Å². The van der Waals surface area contributed by atoms with E-state index >= 15 is 0 Å². The second-order valence-corrected chi connectivity index (χ2v) is 5.77. The van der Waals surface area contributed by atoms with Crippen molar-refractivity contribution in [1.29, 1.82) is 0 Å². The van der Waals surface area contributed by atoms with Gasteiger partial charge < -0.3 is 15.4 Å². The van der Waals surface area contributed by atoms with Crippen molar-refractivity contribution in [2.45, 2.75) is 11.0 Å². The van der Waals surface area contributed by atoms with E-state index in [4.69, 9.17) is 10.5 Å². The molecule has 7 heteroatoms. The Labute approximate surface area is 113 Å². The van der Waals surface area contributed by atoms with Crippen LogP contribution in [0.4, 0.5) is 14.5 Å². The van der Waals surface area contributed by atoms with Crippen LogP contribution in [0.1, 0.15) is 0 Å². The lowest BCUT2D eigenvalue weighted by Gasteiger charge is -2.16. The highest BCUT2D eigenvalue weighted by atomic mass is 32.2. The van der Waals surface area contributed by atoms with Gasteiger partial charge in [-0.1, -0.05) is 0 Å². The summed E-state index contributed by atoms with van der Waals surface area (Å²) in [7, 11) is -1.63. The fraction of sp³-hybridized carbons (Fsp3) is 0.500. The third-order valence-electron chi connectivity index (χ3n) is 2.94. The Morgan fingerprint density at radius 2 is 2.32 bits per heavy atom. The van der Waals surface area contributed by atoms with Gasteiger partial charge in [-0.3, -0.25) is 8.60 Å². The molecule has 0 radical (unpaired) electrons. The molecule has 19 heavy (non-hydrogen) atoms.